The van der Waals surface area contributed by atoms with E-state index in [0.29, 0.717) is 44.2 Å². The summed E-state index contributed by atoms with van der Waals surface area (Å²) in [5, 5.41) is 2.94. The lowest BCUT2D eigenvalue weighted by Crippen LogP contribution is -2.52. The Balaban J connectivity index is 1.45. The van der Waals surface area contributed by atoms with Crippen LogP contribution in [0.15, 0.2) is 30.6 Å². The van der Waals surface area contributed by atoms with Gasteiger partial charge in [-0.25, -0.2) is 19.2 Å². The molecule has 1 aliphatic rings. The predicted molar refractivity (Wildman–Crippen MR) is 101 cm³/mol. The maximum atomic E-state index is 14.1. The van der Waals surface area contributed by atoms with Gasteiger partial charge in [0, 0.05) is 32.7 Å². The maximum absolute atomic E-state index is 14.1. The summed E-state index contributed by atoms with van der Waals surface area (Å²) in [4.78, 5) is 23.8. The maximum Gasteiger partial charge on any atom is 0.317 e. The molecular formula is C19H24FN5O2. The molecule has 2 amide bonds. The monoisotopic (exact) mass is 373 g/mol. The van der Waals surface area contributed by atoms with Gasteiger partial charge < -0.3 is 19.9 Å². The van der Waals surface area contributed by atoms with Crippen LogP contribution in [0.2, 0.25) is 0 Å². The number of amides is 2. The van der Waals surface area contributed by atoms with Gasteiger partial charge in [-0.1, -0.05) is 12.1 Å². The fraction of sp³-hybridized carbons (Fsp3) is 0.421. The molecule has 8 heteroatoms. The third-order valence-electron chi connectivity index (χ3n) is 4.66. The molecular weight excluding hydrogens is 349 g/mol. The molecule has 1 saturated heterocycles. The number of ether oxygens (including phenoxy) is 1. The summed E-state index contributed by atoms with van der Waals surface area (Å²) in [6.45, 7) is 4.31. The SMILES string of the molecule is COc1ccc(CCNC(=O)N2CCN(c3ncnc(C)c3F)CC2)cc1. The second-order valence-electron chi connectivity index (χ2n) is 6.40. The first-order chi connectivity index (χ1) is 13.1. The summed E-state index contributed by atoms with van der Waals surface area (Å²) in [5.74, 6) is 0.730. The van der Waals surface area contributed by atoms with E-state index in [9.17, 15) is 9.18 Å². The van der Waals surface area contributed by atoms with Crippen LogP contribution in [0.1, 0.15) is 11.3 Å². The number of nitrogens with one attached hydrogen (secondary N) is 1. The molecule has 2 heterocycles. The summed E-state index contributed by atoms with van der Waals surface area (Å²) in [5.41, 5.74) is 1.47. The zero-order chi connectivity index (χ0) is 19.2. The van der Waals surface area contributed by atoms with Crippen LogP contribution in [0, 0.1) is 12.7 Å². The molecule has 144 valence electrons. The van der Waals surface area contributed by atoms with Crippen LogP contribution in [0.25, 0.3) is 0 Å². The van der Waals surface area contributed by atoms with E-state index in [1.165, 1.54) is 6.33 Å². The van der Waals surface area contributed by atoms with Gasteiger partial charge in [0.15, 0.2) is 11.6 Å². The number of methoxy groups -OCH3 is 1. The number of carbonyl (C=O) groups excluding carboxylic acids is 1. The average Bonchev–Trinajstić information content (AvgIpc) is 2.70. The van der Waals surface area contributed by atoms with Gasteiger partial charge in [0.2, 0.25) is 0 Å². The van der Waals surface area contributed by atoms with Crippen molar-refractivity contribution in [1.29, 1.82) is 0 Å². The highest BCUT2D eigenvalue weighted by Crippen LogP contribution is 2.19. The molecule has 2 aromatic rings. The molecule has 27 heavy (non-hydrogen) atoms. The Labute approximate surface area is 158 Å². The number of urea groups is 1. The second-order valence-corrected chi connectivity index (χ2v) is 6.40. The van der Waals surface area contributed by atoms with Crippen LogP contribution < -0.4 is 15.0 Å². The summed E-state index contributed by atoms with van der Waals surface area (Å²) in [6, 6.07) is 7.70. The number of aromatic nitrogens is 2. The van der Waals surface area contributed by atoms with Gasteiger partial charge in [-0.15, -0.1) is 0 Å². The van der Waals surface area contributed by atoms with E-state index >= 15 is 0 Å². The highest BCUT2D eigenvalue weighted by Gasteiger charge is 2.24. The van der Waals surface area contributed by atoms with E-state index in [2.05, 4.69) is 15.3 Å². The van der Waals surface area contributed by atoms with E-state index in [0.717, 1.165) is 17.7 Å². The van der Waals surface area contributed by atoms with Gasteiger partial charge in [-0.05, 0) is 31.0 Å². The third kappa shape index (κ3) is 4.64. The van der Waals surface area contributed by atoms with Gasteiger partial charge in [0.05, 0.1) is 12.8 Å². The molecule has 1 fully saturated rings. The van der Waals surface area contributed by atoms with Crippen LogP contribution in [0.3, 0.4) is 0 Å². The van der Waals surface area contributed by atoms with Crippen molar-refractivity contribution in [3.8, 4) is 5.75 Å². The predicted octanol–water partition coefficient (Wildman–Crippen LogP) is 2.01. The zero-order valence-corrected chi connectivity index (χ0v) is 15.6. The van der Waals surface area contributed by atoms with Crippen LogP contribution >= 0.6 is 0 Å². The Morgan fingerprint density at radius 3 is 2.56 bits per heavy atom. The van der Waals surface area contributed by atoms with Crippen molar-refractivity contribution < 1.29 is 13.9 Å². The van der Waals surface area contributed by atoms with E-state index < -0.39 is 5.82 Å². The third-order valence-corrected chi connectivity index (χ3v) is 4.66. The molecule has 1 N–H and O–H groups in total. The van der Waals surface area contributed by atoms with E-state index in [-0.39, 0.29) is 6.03 Å². The van der Waals surface area contributed by atoms with Crippen molar-refractivity contribution in [2.75, 3.05) is 44.7 Å². The zero-order valence-electron chi connectivity index (χ0n) is 15.6. The summed E-state index contributed by atoms with van der Waals surface area (Å²) in [6.07, 6.45) is 2.12. The summed E-state index contributed by atoms with van der Waals surface area (Å²) in [7, 11) is 1.63. The van der Waals surface area contributed by atoms with Gasteiger partial charge in [-0.3, -0.25) is 0 Å². The number of halogens is 1. The topological polar surface area (TPSA) is 70.6 Å². The number of benzene rings is 1. The van der Waals surface area contributed by atoms with Gasteiger partial charge in [-0.2, -0.15) is 0 Å². The molecule has 0 atom stereocenters. The fourth-order valence-corrected chi connectivity index (χ4v) is 3.00. The lowest BCUT2D eigenvalue weighted by molar-refractivity contribution is 0.194. The summed E-state index contributed by atoms with van der Waals surface area (Å²) >= 11 is 0. The molecule has 0 bridgehead atoms. The molecule has 7 nitrogen and oxygen atoms in total. The Morgan fingerprint density at radius 1 is 1.19 bits per heavy atom. The van der Waals surface area contributed by atoms with Gasteiger partial charge in [0.1, 0.15) is 12.1 Å². The van der Waals surface area contributed by atoms with Crippen molar-refractivity contribution in [2.45, 2.75) is 13.3 Å². The van der Waals surface area contributed by atoms with Crippen molar-refractivity contribution in [2.24, 2.45) is 0 Å². The Kier molecular flexibility index (Phi) is 6.05. The molecule has 0 unspecified atom stereocenters. The lowest BCUT2D eigenvalue weighted by Gasteiger charge is -2.35. The highest BCUT2D eigenvalue weighted by molar-refractivity contribution is 5.74. The second kappa shape index (κ2) is 8.66. The van der Waals surface area contributed by atoms with Crippen molar-refractivity contribution >= 4 is 11.8 Å². The van der Waals surface area contributed by atoms with Crippen LogP contribution in [0.4, 0.5) is 15.0 Å². The molecule has 1 aliphatic heterocycles. The normalized spacial score (nSPS) is 14.2. The molecule has 0 radical (unpaired) electrons. The number of carbonyl (C=O) groups is 1. The molecule has 0 aliphatic carbocycles. The van der Waals surface area contributed by atoms with Gasteiger partial charge in [0.25, 0.3) is 0 Å². The molecule has 0 spiro atoms. The van der Waals surface area contributed by atoms with Crippen LogP contribution in [-0.4, -0.2) is 60.7 Å². The van der Waals surface area contributed by atoms with E-state index in [1.807, 2.05) is 29.2 Å². The minimum absolute atomic E-state index is 0.0949. The highest BCUT2D eigenvalue weighted by atomic mass is 19.1. The largest absolute Gasteiger partial charge is 0.497 e. The Morgan fingerprint density at radius 2 is 1.89 bits per heavy atom. The van der Waals surface area contributed by atoms with Crippen molar-refractivity contribution in [3.05, 3.63) is 47.7 Å². The number of hydrogen-bond donors (Lipinski definition) is 1. The summed E-state index contributed by atoms with van der Waals surface area (Å²) < 4.78 is 19.3. The van der Waals surface area contributed by atoms with Crippen LogP contribution in [0.5, 0.6) is 5.75 Å². The molecule has 0 saturated carbocycles. The number of piperazine rings is 1. The molecule has 1 aromatic heterocycles. The number of hydrogen-bond acceptors (Lipinski definition) is 5. The van der Waals surface area contributed by atoms with E-state index in [1.54, 1.807) is 18.9 Å². The van der Waals surface area contributed by atoms with Crippen molar-refractivity contribution in [1.82, 2.24) is 20.2 Å². The number of nitrogens with zero attached hydrogens (tertiary/aromatic N) is 4. The minimum atomic E-state index is -0.394. The van der Waals surface area contributed by atoms with Gasteiger partial charge >= 0.3 is 6.03 Å². The molecule has 1 aromatic carbocycles. The smallest absolute Gasteiger partial charge is 0.317 e. The quantitative estimate of drug-likeness (QED) is 0.868. The number of aryl methyl sites for hydroxylation is 1. The number of rotatable bonds is 5. The first-order valence-electron chi connectivity index (χ1n) is 8.96. The first-order valence-corrected chi connectivity index (χ1v) is 8.96. The standard InChI is InChI=1S/C19H24FN5O2/c1-14-17(20)18(23-13-22-14)24-9-11-25(12-10-24)19(26)21-8-7-15-3-5-16(27-2)6-4-15/h3-6,13H,7-12H2,1-2H3,(H,21,26). The van der Waals surface area contributed by atoms with Crippen molar-refractivity contribution in [3.63, 3.8) is 0 Å². The van der Waals surface area contributed by atoms with E-state index in [4.69, 9.17) is 4.74 Å². The molecule has 3 rings (SSSR count). The lowest BCUT2D eigenvalue weighted by atomic mass is 10.1. The number of anilines is 1. The fourth-order valence-electron chi connectivity index (χ4n) is 3.00. The Bertz CT molecular complexity index is 776. The Hall–Kier alpha value is -2.90. The van der Waals surface area contributed by atoms with Crippen LogP contribution in [-0.2, 0) is 6.42 Å². The minimum Gasteiger partial charge on any atom is -0.497 e. The average molecular weight is 373 g/mol. The first kappa shape index (κ1) is 18.9.